The lowest BCUT2D eigenvalue weighted by atomic mass is 10.1. The van der Waals surface area contributed by atoms with E-state index in [1.165, 1.54) is 24.0 Å². The summed E-state index contributed by atoms with van der Waals surface area (Å²) in [6, 6.07) is 16.2. The van der Waals surface area contributed by atoms with Crippen LogP contribution in [0, 0.1) is 11.3 Å². The Morgan fingerprint density at radius 1 is 1.08 bits per heavy atom. The number of aromatic nitrogens is 3. The molecule has 0 bridgehead atoms. The van der Waals surface area contributed by atoms with Crippen molar-refractivity contribution >= 4 is 0 Å². The van der Waals surface area contributed by atoms with Crippen molar-refractivity contribution in [3.05, 3.63) is 64.8 Å². The van der Waals surface area contributed by atoms with E-state index >= 15 is 0 Å². The largest absolute Gasteiger partial charge is 0.489 e. The molecule has 0 spiro atoms. The summed E-state index contributed by atoms with van der Waals surface area (Å²) in [4.78, 5) is 0. The van der Waals surface area contributed by atoms with Crippen molar-refractivity contribution in [2.24, 2.45) is 0 Å². The van der Waals surface area contributed by atoms with E-state index < -0.39 is 0 Å². The van der Waals surface area contributed by atoms with Gasteiger partial charge in [0.15, 0.2) is 5.69 Å². The van der Waals surface area contributed by atoms with Gasteiger partial charge < -0.3 is 4.74 Å². The van der Waals surface area contributed by atoms with Crippen molar-refractivity contribution in [1.82, 2.24) is 15.4 Å². The molecule has 0 radical (unpaired) electrons. The third-order valence-corrected chi connectivity index (χ3v) is 4.33. The number of nitrogens with zero attached hydrogens (tertiary/aromatic N) is 3. The van der Waals surface area contributed by atoms with Gasteiger partial charge in [-0.15, -0.1) is 5.10 Å². The van der Waals surface area contributed by atoms with Crippen LogP contribution >= 0.6 is 0 Å². The molecule has 0 saturated carbocycles. The normalized spacial score (nSPS) is 12.6. The van der Waals surface area contributed by atoms with Gasteiger partial charge in [0.25, 0.3) is 0 Å². The van der Waals surface area contributed by atoms with E-state index in [1.807, 2.05) is 36.4 Å². The molecule has 0 unspecified atom stereocenters. The molecule has 1 aliphatic rings. The number of hydrogen-bond donors (Lipinski definition) is 1. The second-order valence-corrected chi connectivity index (χ2v) is 5.91. The van der Waals surface area contributed by atoms with Crippen LogP contribution in [0.4, 0.5) is 0 Å². The van der Waals surface area contributed by atoms with Gasteiger partial charge in [-0.1, -0.05) is 24.3 Å². The number of benzene rings is 2. The molecule has 1 heterocycles. The average molecular weight is 316 g/mol. The summed E-state index contributed by atoms with van der Waals surface area (Å²) in [5.41, 5.74) is 5.60. The molecule has 0 amide bonds. The average Bonchev–Trinajstić information content (AvgIpc) is 3.28. The lowest BCUT2D eigenvalue weighted by Crippen LogP contribution is -1.97. The standard InChI is InChI=1S/C19H16N4O/c20-11-18-19(22-23-21-18)16-6-1-3-13(9-16)12-24-17-8-7-14-4-2-5-15(14)10-17/h1,3,6-10H,2,4-5,12H2,(H,21,22,23). The number of H-pyrrole nitrogens is 1. The first-order valence-corrected chi connectivity index (χ1v) is 7.98. The second-order valence-electron chi connectivity index (χ2n) is 5.91. The molecule has 4 rings (SSSR count). The Kier molecular flexibility index (Phi) is 3.72. The molecule has 1 aliphatic carbocycles. The molecule has 3 aromatic rings. The first kappa shape index (κ1) is 14.5. The maximum absolute atomic E-state index is 9.07. The summed E-state index contributed by atoms with van der Waals surface area (Å²) in [5.74, 6) is 0.903. The first-order valence-electron chi connectivity index (χ1n) is 7.98. The van der Waals surface area contributed by atoms with Gasteiger partial charge in [-0.3, -0.25) is 0 Å². The molecular weight excluding hydrogens is 300 g/mol. The molecule has 0 saturated heterocycles. The number of aromatic amines is 1. The van der Waals surface area contributed by atoms with Crippen LogP contribution in [-0.2, 0) is 19.4 Å². The van der Waals surface area contributed by atoms with Crippen molar-refractivity contribution in [2.45, 2.75) is 25.9 Å². The van der Waals surface area contributed by atoms with Gasteiger partial charge in [-0.2, -0.15) is 15.6 Å². The maximum atomic E-state index is 9.07. The topological polar surface area (TPSA) is 74.6 Å². The SMILES string of the molecule is N#Cc1n[nH]nc1-c1cccc(COc2ccc3c(c2)CCC3)c1. The van der Waals surface area contributed by atoms with Gasteiger partial charge in [0.05, 0.1) is 0 Å². The van der Waals surface area contributed by atoms with Crippen molar-refractivity contribution in [3.63, 3.8) is 0 Å². The van der Waals surface area contributed by atoms with E-state index in [0.29, 0.717) is 18.0 Å². The Hall–Kier alpha value is -3.13. The van der Waals surface area contributed by atoms with Crippen LogP contribution in [0.2, 0.25) is 0 Å². The molecule has 1 aromatic heterocycles. The first-order chi connectivity index (χ1) is 11.8. The molecule has 0 aliphatic heterocycles. The van der Waals surface area contributed by atoms with Crippen molar-refractivity contribution in [1.29, 1.82) is 5.26 Å². The molecule has 1 N–H and O–H groups in total. The van der Waals surface area contributed by atoms with E-state index in [0.717, 1.165) is 23.3 Å². The lowest BCUT2D eigenvalue weighted by molar-refractivity contribution is 0.306. The maximum Gasteiger partial charge on any atom is 0.190 e. The summed E-state index contributed by atoms with van der Waals surface area (Å²) >= 11 is 0. The molecule has 0 fully saturated rings. The van der Waals surface area contributed by atoms with Crippen molar-refractivity contribution in [2.75, 3.05) is 0 Å². The quantitative estimate of drug-likeness (QED) is 0.800. The third kappa shape index (κ3) is 2.74. The zero-order valence-electron chi connectivity index (χ0n) is 13.1. The van der Waals surface area contributed by atoms with Crippen LogP contribution < -0.4 is 4.74 Å². The number of nitrogens with one attached hydrogen (secondary N) is 1. The van der Waals surface area contributed by atoms with E-state index in [-0.39, 0.29) is 0 Å². The molecule has 24 heavy (non-hydrogen) atoms. The van der Waals surface area contributed by atoms with E-state index in [9.17, 15) is 0 Å². The Bertz CT molecular complexity index is 923. The van der Waals surface area contributed by atoms with E-state index in [2.05, 4.69) is 27.5 Å². The molecule has 5 nitrogen and oxygen atoms in total. The Morgan fingerprint density at radius 3 is 2.92 bits per heavy atom. The van der Waals surface area contributed by atoms with Gasteiger partial charge in [-0.25, -0.2) is 0 Å². The number of ether oxygens (including phenoxy) is 1. The second kappa shape index (κ2) is 6.17. The molecule has 5 heteroatoms. The Balaban J connectivity index is 1.51. The van der Waals surface area contributed by atoms with Gasteiger partial charge in [0.2, 0.25) is 0 Å². The van der Waals surface area contributed by atoms with Gasteiger partial charge in [-0.05, 0) is 54.2 Å². The predicted molar refractivity (Wildman–Crippen MR) is 89.3 cm³/mol. The fraction of sp³-hybridized carbons (Fsp3) is 0.211. The predicted octanol–water partition coefficient (Wildman–Crippen LogP) is 3.41. The van der Waals surface area contributed by atoms with Crippen molar-refractivity contribution < 1.29 is 4.74 Å². The highest BCUT2D eigenvalue weighted by Gasteiger charge is 2.12. The highest BCUT2D eigenvalue weighted by Crippen LogP contribution is 2.27. The van der Waals surface area contributed by atoms with Crippen LogP contribution in [0.5, 0.6) is 5.75 Å². The minimum absolute atomic E-state index is 0.298. The minimum atomic E-state index is 0.298. The lowest BCUT2D eigenvalue weighted by Gasteiger charge is -2.09. The number of aryl methyl sites for hydroxylation is 2. The summed E-state index contributed by atoms with van der Waals surface area (Å²) < 4.78 is 5.94. The Morgan fingerprint density at radius 2 is 2.00 bits per heavy atom. The minimum Gasteiger partial charge on any atom is -0.489 e. The molecule has 118 valence electrons. The molecule has 2 aromatic carbocycles. The van der Waals surface area contributed by atoms with Gasteiger partial charge in [0, 0.05) is 5.56 Å². The van der Waals surface area contributed by atoms with E-state index in [1.54, 1.807) is 0 Å². The number of fused-ring (bicyclic) bond motifs is 1. The van der Waals surface area contributed by atoms with Crippen LogP contribution in [0.3, 0.4) is 0 Å². The fourth-order valence-corrected chi connectivity index (χ4v) is 3.12. The number of nitriles is 1. The highest BCUT2D eigenvalue weighted by molar-refractivity contribution is 5.64. The Labute approximate surface area is 139 Å². The summed E-state index contributed by atoms with van der Waals surface area (Å²) in [7, 11) is 0. The zero-order chi connectivity index (χ0) is 16.4. The third-order valence-electron chi connectivity index (χ3n) is 4.33. The van der Waals surface area contributed by atoms with Crippen molar-refractivity contribution in [3.8, 4) is 23.1 Å². The van der Waals surface area contributed by atoms with Gasteiger partial charge >= 0.3 is 0 Å². The smallest absolute Gasteiger partial charge is 0.190 e. The van der Waals surface area contributed by atoms with Crippen LogP contribution in [0.25, 0.3) is 11.3 Å². The van der Waals surface area contributed by atoms with Crippen LogP contribution in [0.1, 0.15) is 28.8 Å². The van der Waals surface area contributed by atoms with Gasteiger partial charge in [0.1, 0.15) is 24.1 Å². The fourth-order valence-electron chi connectivity index (χ4n) is 3.12. The molecule has 0 atom stereocenters. The van der Waals surface area contributed by atoms with E-state index in [4.69, 9.17) is 10.00 Å². The zero-order valence-corrected chi connectivity index (χ0v) is 13.1. The monoisotopic (exact) mass is 316 g/mol. The van der Waals surface area contributed by atoms with Crippen LogP contribution in [0.15, 0.2) is 42.5 Å². The summed E-state index contributed by atoms with van der Waals surface area (Å²) in [5, 5.41) is 19.5. The highest BCUT2D eigenvalue weighted by atomic mass is 16.5. The molecular formula is C19H16N4O. The number of hydrogen-bond acceptors (Lipinski definition) is 4. The summed E-state index contributed by atoms with van der Waals surface area (Å²) in [6.07, 6.45) is 3.56. The number of rotatable bonds is 4. The van der Waals surface area contributed by atoms with Crippen LogP contribution in [-0.4, -0.2) is 15.4 Å². The summed E-state index contributed by atoms with van der Waals surface area (Å²) in [6.45, 7) is 0.479.